The van der Waals surface area contributed by atoms with Crippen molar-refractivity contribution in [3.05, 3.63) is 29.8 Å². The minimum absolute atomic E-state index is 0.0126. The molecule has 1 aromatic carbocycles. The van der Waals surface area contributed by atoms with Crippen LogP contribution < -0.4 is 15.8 Å². The van der Waals surface area contributed by atoms with Gasteiger partial charge in [0.2, 0.25) is 0 Å². The van der Waals surface area contributed by atoms with Gasteiger partial charge in [-0.25, -0.2) is 4.99 Å². The van der Waals surface area contributed by atoms with E-state index in [1.165, 1.54) is 32.1 Å². The molecule has 0 aromatic heterocycles. The smallest absolute Gasteiger partial charge is 0.127 e. The lowest BCUT2D eigenvalue weighted by Gasteiger charge is -2.20. The van der Waals surface area contributed by atoms with Crippen LogP contribution in [0.4, 0.5) is 0 Å². The highest BCUT2D eigenvalue weighted by atomic mass is 16.5. The number of hydrogen-bond acceptors (Lipinski definition) is 4. The molecule has 1 unspecified atom stereocenters. The highest BCUT2D eigenvalue weighted by Crippen LogP contribution is 2.21. The molecule has 0 aliphatic carbocycles. The standard InChI is InChI=1S/C18H29N3O/c1-2-3-4-5-6-7-14-22-16-10-8-15(9-11-16)18-20-13-12-17(19)21-18/h8-11,18,20H,2-7,12-14H2,1H3,(H2,19,21). The van der Waals surface area contributed by atoms with Crippen LogP contribution in [0.3, 0.4) is 0 Å². The zero-order valence-corrected chi connectivity index (χ0v) is 13.7. The maximum Gasteiger partial charge on any atom is 0.127 e. The average molecular weight is 303 g/mol. The van der Waals surface area contributed by atoms with Crippen molar-refractivity contribution in [3.63, 3.8) is 0 Å². The Kier molecular flexibility index (Phi) is 7.23. The number of unbranched alkanes of at least 4 members (excludes halogenated alkanes) is 5. The summed E-state index contributed by atoms with van der Waals surface area (Å²) in [5.74, 6) is 1.66. The fourth-order valence-corrected chi connectivity index (χ4v) is 2.62. The lowest BCUT2D eigenvalue weighted by Crippen LogP contribution is -2.32. The molecule has 3 N–H and O–H groups in total. The first-order valence-electron chi connectivity index (χ1n) is 8.58. The summed E-state index contributed by atoms with van der Waals surface area (Å²) in [6.07, 6.45) is 8.54. The number of benzene rings is 1. The third kappa shape index (κ3) is 5.68. The lowest BCUT2D eigenvalue weighted by atomic mass is 10.1. The number of amidine groups is 1. The second-order valence-corrected chi connectivity index (χ2v) is 5.91. The second kappa shape index (κ2) is 9.46. The van der Waals surface area contributed by atoms with Crippen molar-refractivity contribution in [3.8, 4) is 5.75 Å². The summed E-state index contributed by atoms with van der Waals surface area (Å²) in [4.78, 5) is 4.44. The number of aliphatic imine (C=N–C) groups is 1. The van der Waals surface area contributed by atoms with Crippen LogP contribution in [0.2, 0.25) is 0 Å². The molecule has 0 saturated carbocycles. The van der Waals surface area contributed by atoms with E-state index in [1.807, 2.05) is 12.1 Å². The van der Waals surface area contributed by atoms with Gasteiger partial charge in [0, 0.05) is 13.0 Å². The van der Waals surface area contributed by atoms with Gasteiger partial charge in [-0.1, -0.05) is 51.2 Å². The maximum absolute atomic E-state index is 5.80. The summed E-state index contributed by atoms with van der Waals surface area (Å²) in [6.45, 7) is 3.93. The van der Waals surface area contributed by atoms with Gasteiger partial charge in [-0.2, -0.15) is 0 Å². The molecule has 2 rings (SSSR count). The van der Waals surface area contributed by atoms with Crippen LogP contribution in [0.1, 0.15) is 63.6 Å². The Morgan fingerprint density at radius 3 is 2.59 bits per heavy atom. The first-order valence-corrected chi connectivity index (χ1v) is 8.58. The van der Waals surface area contributed by atoms with Gasteiger partial charge in [-0.15, -0.1) is 0 Å². The summed E-state index contributed by atoms with van der Waals surface area (Å²) in [7, 11) is 0. The van der Waals surface area contributed by atoms with Gasteiger partial charge < -0.3 is 10.5 Å². The number of ether oxygens (including phenoxy) is 1. The van der Waals surface area contributed by atoms with Crippen molar-refractivity contribution in [2.24, 2.45) is 10.7 Å². The fourth-order valence-electron chi connectivity index (χ4n) is 2.62. The Hall–Kier alpha value is -1.55. The molecule has 0 fully saturated rings. The predicted molar refractivity (Wildman–Crippen MR) is 92.3 cm³/mol. The van der Waals surface area contributed by atoms with E-state index in [-0.39, 0.29) is 6.17 Å². The Bertz CT molecular complexity index is 456. The van der Waals surface area contributed by atoms with Crippen LogP contribution in [-0.4, -0.2) is 19.0 Å². The van der Waals surface area contributed by atoms with Crippen LogP contribution in [0.5, 0.6) is 5.75 Å². The van der Waals surface area contributed by atoms with Crippen molar-refractivity contribution < 1.29 is 4.74 Å². The average Bonchev–Trinajstić information content (AvgIpc) is 2.55. The van der Waals surface area contributed by atoms with E-state index in [1.54, 1.807) is 0 Å². The van der Waals surface area contributed by atoms with E-state index in [9.17, 15) is 0 Å². The van der Waals surface area contributed by atoms with E-state index in [0.717, 1.165) is 43.1 Å². The molecule has 1 heterocycles. The number of nitrogens with two attached hydrogens (primary N) is 1. The fraction of sp³-hybridized carbons (Fsp3) is 0.611. The minimum Gasteiger partial charge on any atom is -0.494 e. The topological polar surface area (TPSA) is 59.6 Å². The Morgan fingerprint density at radius 1 is 1.14 bits per heavy atom. The molecule has 0 spiro atoms. The normalized spacial score (nSPS) is 18.0. The maximum atomic E-state index is 5.80. The molecule has 0 amide bonds. The van der Waals surface area contributed by atoms with Gasteiger partial charge in [0.1, 0.15) is 11.9 Å². The highest BCUT2D eigenvalue weighted by molar-refractivity contribution is 5.81. The zero-order chi connectivity index (χ0) is 15.6. The molecule has 4 nitrogen and oxygen atoms in total. The second-order valence-electron chi connectivity index (χ2n) is 5.91. The first kappa shape index (κ1) is 16.8. The predicted octanol–water partition coefficient (Wildman–Crippen LogP) is 3.78. The molecule has 22 heavy (non-hydrogen) atoms. The molecule has 0 saturated heterocycles. The van der Waals surface area contributed by atoms with Crippen molar-refractivity contribution in [1.29, 1.82) is 0 Å². The number of nitrogens with one attached hydrogen (secondary N) is 1. The molecule has 0 bridgehead atoms. The molecule has 1 aliphatic heterocycles. The summed E-state index contributed by atoms with van der Waals surface area (Å²) in [5.41, 5.74) is 6.94. The highest BCUT2D eigenvalue weighted by Gasteiger charge is 2.14. The van der Waals surface area contributed by atoms with Crippen LogP contribution in [0.25, 0.3) is 0 Å². The molecular weight excluding hydrogens is 274 g/mol. The molecular formula is C18H29N3O. The molecule has 1 atom stereocenters. The van der Waals surface area contributed by atoms with E-state index in [0.29, 0.717) is 0 Å². The van der Waals surface area contributed by atoms with E-state index >= 15 is 0 Å². The lowest BCUT2D eigenvalue weighted by molar-refractivity contribution is 0.304. The summed E-state index contributed by atoms with van der Waals surface area (Å²) in [6, 6.07) is 8.18. The summed E-state index contributed by atoms with van der Waals surface area (Å²) < 4.78 is 5.80. The van der Waals surface area contributed by atoms with Gasteiger partial charge in [-0.3, -0.25) is 5.32 Å². The van der Waals surface area contributed by atoms with Crippen LogP contribution in [0.15, 0.2) is 29.3 Å². The minimum atomic E-state index is -0.0126. The summed E-state index contributed by atoms with van der Waals surface area (Å²) >= 11 is 0. The van der Waals surface area contributed by atoms with Gasteiger partial charge in [0.15, 0.2) is 0 Å². The van der Waals surface area contributed by atoms with Gasteiger partial charge in [0.25, 0.3) is 0 Å². The molecule has 0 radical (unpaired) electrons. The van der Waals surface area contributed by atoms with Crippen LogP contribution >= 0.6 is 0 Å². The molecule has 4 heteroatoms. The van der Waals surface area contributed by atoms with Crippen molar-refractivity contribution in [1.82, 2.24) is 5.32 Å². The monoisotopic (exact) mass is 303 g/mol. The Labute approximate surface area is 134 Å². The molecule has 1 aliphatic rings. The zero-order valence-electron chi connectivity index (χ0n) is 13.7. The third-order valence-electron chi connectivity index (χ3n) is 3.98. The SMILES string of the molecule is CCCCCCCCOc1ccc(C2N=C(N)CCN2)cc1. The largest absolute Gasteiger partial charge is 0.494 e. The van der Waals surface area contributed by atoms with Gasteiger partial charge in [0.05, 0.1) is 12.4 Å². The Balaban J connectivity index is 1.69. The van der Waals surface area contributed by atoms with Crippen LogP contribution in [-0.2, 0) is 0 Å². The number of rotatable bonds is 9. The molecule has 122 valence electrons. The van der Waals surface area contributed by atoms with Gasteiger partial charge in [-0.05, 0) is 24.1 Å². The number of nitrogens with zero attached hydrogens (tertiary/aromatic N) is 1. The first-order chi connectivity index (χ1) is 10.8. The van der Waals surface area contributed by atoms with Crippen molar-refractivity contribution in [2.75, 3.05) is 13.2 Å². The van der Waals surface area contributed by atoms with Crippen molar-refractivity contribution in [2.45, 2.75) is 58.0 Å². The molecule has 1 aromatic rings. The summed E-state index contributed by atoms with van der Waals surface area (Å²) in [5, 5.41) is 3.35. The van der Waals surface area contributed by atoms with Crippen LogP contribution in [0, 0.1) is 0 Å². The van der Waals surface area contributed by atoms with E-state index in [4.69, 9.17) is 10.5 Å². The van der Waals surface area contributed by atoms with E-state index in [2.05, 4.69) is 29.4 Å². The Morgan fingerprint density at radius 2 is 1.86 bits per heavy atom. The van der Waals surface area contributed by atoms with Crippen molar-refractivity contribution >= 4 is 5.84 Å². The number of hydrogen-bond donors (Lipinski definition) is 2. The van der Waals surface area contributed by atoms with E-state index < -0.39 is 0 Å². The third-order valence-corrected chi connectivity index (χ3v) is 3.98. The van der Waals surface area contributed by atoms with Gasteiger partial charge >= 0.3 is 0 Å². The quantitative estimate of drug-likeness (QED) is 0.683.